The highest BCUT2D eigenvalue weighted by Gasteiger charge is 2.32. The molecule has 0 aliphatic rings. The van der Waals surface area contributed by atoms with Crippen LogP contribution in [0.1, 0.15) is 39.7 Å². The van der Waals surface area contributed by atoms with Crippen LogP contribution in [0.4, 0.5) is 0 Å². The largest absolute Gasteiger partial charge is 0.326 e. The molecule has 0 amide bonds. The second-order valence-corrected chi connectivity index (χ2v) is 6.80. The molecule has 0 aliphatic heterocycles. The predicted octanol–water partition coefficient (Wildman–Crippen LogP) is 3.92. The van der Waals surface area contributed by atoms with Crippen LogP contribution in [0.15, 0.2) is 24.3 Å². The van der Waals surface area contributed by atoms with Gasteiger partial charge < -0.3 is 5.73 Å². The average Bonchev–Trinajstić information content (AvgIpc) is 2.30. The molecular formula is C16H27ClN2. The molecule has 1 aromatic rings. The van der Waals surface area contributed by atoms with Gasteiger partial charge in [0.05, 0.1) is 0 Å². The molecule has 2 N–H and O–H groups in total. The fourth-order valence-electron chi connectivity index (χ4n) is 2.85. The first-order chi connectivity index (χ1) is 8.77. The monoisotopic (exact) mass is 282 g/mol. The van der Waals surface area contributed by atoms with E-state index in [0.29, 0.717) is 6.04 Å². The van der Waals surface area contributed by atoms with Crippen molar-refractivity contribution >= 4 is 11.6 Å². The Labute approximate surface area is 122 Å². The van der Waals surface area contributed by atoms with Gasteiger partial charge in [-0.1, -0.05) is 57.5 Å². The Kier molecular flexibility index (Phi) is 5.84. The molecule has 19 heavy (non-hydrogen) atoms. The van der Waals surface area contributed by atoms with Crippen molar-refractivity contribution < 1.29 is 0 Å². The Balaban J connectivity index is 2.89. The van der Waals surface area contributed by atoms with E-state index in [-0.39, 0.29) is 11.5 Å². The summed E-state index contributed by atoms with van der Waals surface area (Å²) in [6, 6.07) is 8.51. The van der Waals surface area contributed by atoms with E-state index in [1.807, 2.05) is 18.2 Å². The Bertz CT molecular complexity index is 398. The molecule has 0 heterocycles. The van der Waals surface area contributed by atoms with Gasteiger partial charge in [0.25, 0.3) is 0 Å². The van der Waals surface area contributed by atoms with Crippen molar-refractivity contribution in [1.82, 2.24) is 4.90 Å². The molecule has 0 saturated heterocycles. The van der Waals surface area contributed by atoms with Crippen molar-refractivity contribution in [3.8, 4) is 0 Å². The molecule has 0 bridgehead atoms. The molecule has 2 nitrogen and oxygen atoms in total. The van der Waals surface area contributed by atoms with E-state index in [1.165, 1.54) is 0 Å². The Morgan fingerprint density at radius 1 is 1.26 bits per heavy atom. The molecule has 1 aromatic carbocycles. The van der Waals surface area contributed by atoms with Crippen molar-refractivity contribution in [2.45, 2.75) is 52.7 Å². The highest BCUT2D eigenvalue weighted by atomic mass is 35.5. The molecule has 1 rings (SSSR count). The molecular weight excluding hydrogens is 256 g/mol. The number of hydrogen-bond acceptors (Lipinski definition) is 2. The Morgan fingerprint density at radius 2 is 1.84 bits per heavy atom. The zero-order valence-electron chi connectivity index (χ0n) is 12.8. The molecule has 0 aliphatic carbocycles. The van der Waals surface area contributed by atoms with Crippen LogP contribution >= 0.6 is 11.6 Å². The molecule has 3 heteroatoms. The van der Waals surface area contributed by atoms with Crippen molar-refractivity contribution in [2.75, 3.05) is 7.05 Å². The third-order valence-electron chi connectivity index (χ3n) is 3.62. The van der Waals surface area contributed by atoms with Gasteiger partial charge in [-0.2, -0.15) is 0 Å². The van der Waals surface area contributed by atoms with Gasteiger partial charge in [-0.15, -0.1) is 0 Å². The van der Waals surface area contributed by atoms with Gasteiger partial charge in [0.1, 0.15) is 0 Å². The van der Waals surface area contributed by atoms with Crippen molar-refractivity contribution in [3.63, 3.8) is 0 Å². The lowest BCUT2D eigenvalue weighted by atomic mass is 9.80. The lowest BCUT2D eigenvalue weighted by Crippen LogP contribution is -2.52. The third-order valence-corrected chi connectivity index (χ3v) is 3.99. The van der Waals surface area contributed by atoms with Crippen LogP contribution in [0, 0.1) is 5.41 Å². The Morgan fingerprint density at radius 3 is 2.32 bits per heavy atom. The number of nitrogens with zero attached hydrogens (tertiary/aromatic N) is 1. The van der Waals surface area contributed by atoms with Crippen LogP contribution in [0.25, 0.3) is 0 Å². The maximum absolute atomic E-state index is 6.32. The molecule has 0 aromatic heterocycles. The molecule has 0 radical (unpaired) electrons. The molecule has 0 spiro atoms. The lowest BCUT2D eigenvalue weighted by Gasteiger charge is -2.41. The molecule has 0 fully saturated rings. The summed E-state index contributed by atoms with van der Waals surface area (Å²) >= 11 is 6.24. The van der Waals surface area contributed by atoms with Crippen LogP contribution in [-0.4, -0.2) is 24.0 Å². The quantitative estimate of drug-likeness (QED) is 0.887. The minimum absolute atomic E-state index is 0.144. The molecule has 0 saturated carbocycles. The van der Waals surface area contributed by atoms with Crippen LogP contribution in [0.5, 0.6) is 0 Å². The molecule has 2 unspecified atom stereocenters. The van der Waals surface area contributed by atoms with Crippen molar-refractivity contribution in [2.24, 2.45) is 11.1 Å². The van der Waals surface area contributed by atoms with Crippen LogP contribution in [0.3, 0.4) is 0 Å². The number of halogens is 1. The van der Waals surface area contributed by atoms with Gasteiger partial charge in [-0.25, -0.2) is 0 Å². The first kappa shape index (κ1) is 16.5. The molecule has 2 atom stereocenters. The fraction of sp³-hybridized carbons (Fsp3) is 0.625. The minimum Gasteiger partial charge on any atom is -0.326 e. The van der Waals surface area contributed by atoms with Crippen molar-refractivity contribution in [1.29, 1.82) is 0 Å². The van der Waals surface area contributed by atoms with Gasteiger partial charge in [-0.3, -0.25) is 4.90 Å². The zero-order valence-corrected chi connectivity index (χ0v) is 13.5. The van der Waals surface area contributed by atoms with Gasteiger partial charge in [-0.05, 0) is 30.5 Å². The van der Waals surface area contributed by atoms with E-state index in [9.17, 15) is 0 Å². The lowest BCUT2D eigenvalue weighted by molar-refractivity contribution is 0.0939. The zero-order chi connectivity index (χ0) is 14.6. The number of likely N-dealkylation sites (N-methyl/N-ethyl adjacent to an activating group) is 1. The summed E-state index contributed by atoms with van der Waals surface area (Å²) in [7, 11) is 2.13. The average molecular weight is 283 g/mol. The van der Waals surface area contributed by atoms with E-state index >= 15 is 0 Å². The standard InChI is InChI=1S/C16H27ClN2/c1-6-14(18)15(16(2,3)4)19(5)11-12-9-7-8-10-13(12)17/h7-10,14-15H,6,11,18H2,1-5H3. The topological polar surface area (TPSA) is 29.3 Å². The molecule has 108 valence electrons. The summed E-state index contributed by atoms with van der Waals surface area (Å²) in [5, 5.41) is 0.826. The van der Waals surface area contributed by atoms with Crippen LogP contribution < -0.4 is 5.73 Å². The summed E-state index contributed by atoms with van der Waals surface area (Å²) in [5.41, 5.74) is 7.62. The van der Waals surface area contributed by atoms with Gasteiger partial charge in [0.15, 0.2) is 0 Å². The maximum atomic E-state index is 6.32. The number of hydrogen-bond donors (Lipinski definition) is 1. The van der Waals surface area contributed by atoms with E-state index in [1.54, 1.807) is 0 Å². The van der Waals surface area contributed by atoms with Gasteiger partial charge >= 0.3 is 0 Å². The summed E-state index contributed by atoms with van der Waals surface area (Å²) in [4.78, 5) is 2.33. The first-order valence-electron chi connectivity index (χ1n) is 6.96. The van der Waals surface area contributed by atoms with Gasteiger partial charge in [0.2, 0.25) is 0 Å². The van der Waals surface area contributed by atoms with Crippen LogP contribution in [-0.2, 0) is 6.54 Å². The van der Waals surface area contributed by atoms with Crippen LogP contribution in [0.2, 0.25) is 5.02 Å². The SMILES string of the molecule is CCC(N)C(N(C)Cc1ccccc1Cl)C(C)(C)C. The van der Waals surface area contributed by atoms with Crippen molar-refractivity contribution in [3.05, 3.63) is 34.9 Å². The smallest absolute Gasteiger partial charge is 0.0451 e. The number of rotatable bonds is 5. The minimum atomic E-state index is 0.144. The maximum Gasteiger partial charge on any atom is 0.0451 e. The predicted molar refractivity (Wildman–Crippen MR) is 84.4 cm³/mol. The van der Waals surface area contributed by atoms with E-state index < -0.39 is 0 Å². The first-order valence-corrected chi connectivity index (χ1v) is 7.34. The third kappa shape index (κ3) is 4.48. The second-order valence-electron chi connectivity index (χ2n) is 6.39. The number of benzene rings is 1. The summed E-state index contributed by atoms with van der Waals surface area (Å²) in [6.45, 7) is 9.71. The number of nitrogens with two attached hydrogens (primary N) is 1. The summed E-state index contributed by atoms with van der Waals surface area (Å²) in [6.07, 6.45) is 0.981. The van der Waals surface area contributed by atoms with E-state index in [0.717, 1.165) is 23.6 Å². The van der Waals surface area contributed by atoms with Gasteiger partial charge in [0, 0.05) is 23.7 Å². The highest BCUT2D eigenvalue weighted by molar-refractivity contribution is 6.31. The normalized spacial score (nSPS) is 15.6. The van der Waals surface area contributed by atoms with E-state index in [4.69, 9.17) is 17.3 Å². The Hall–Kier alpha value is -0.570. The second kappa shape index (κ2) is 6.74. The highest BCUT2D eigenvalue weighted by Crippen LogP contribution is 2.28. The summed E-state index contributed by atoms with van der Waals surface area (Å²) < 4.78 is 0. The summed E-state index contributed by atoms with van der Waals surface area (Å²) in [5.74, 6) is 0. The van der Waals surface area contributed by atoms with E-state index in [2.05, 4.69) is 45.7 Å². The fourth-order valence-corrected chi connectivity index (χ4v) is 3.04.